The van der Waals surface area contributed by atoms with Crippen molar-refractivity contribution in [1.82, 2.24) is 14.7 Å². The van der Waals surface area contributed by atoms with Gasteiger partial charge in [-0.3, -0.25) is 9.69 Å². The van der Waals surface area contributed by atoms with Crippen LogP contribution in [0.2, 0.25) is 0 Å². The number of carbonyl (C=O) groups is 1. The minimum Gasteiger partial charge on any atom is -0.495 e. The van der Waals surface area contributed by atoms with Gasteiger partial charge in [0.15, 0.2) is 9.84 Å². The molecular weight excluding hydrogens is 366 g/mol. The van der Waals surface area contributed by atoms with Crippen LogP contribution in [0, 0.1) is 0 Å². The Labute approximate surface area is 162 Å². The molecule has 1 heterocycles. The van der Waals surface area contributed by atoms with Crippen LogP contribution in [-0.2, 0) is 9.84 Å². The van der Waals surface area contributed by atoms with Gasteiger partial charge in [0.1, 0.15) is 10.6 Å². The molecule has 2 rings (SSSR count). The minimum absolute atomic E-state index is 0.0431. The summed E-state index contributed by atoms with van der Waals surface area (Å²) < 4.78 is 29.2. The van der Waals surface area contributed by atoms with Crippen LogP contribution in [0.1, 0.15) is 24.2 Å². The Balaban J connectivity index is 2.19. The smallest absolute Gasteiger partial charge is 0.254 e. The van der Waals surface area contributed by atoms with Crippen molar-refractivity contribution in [2.75, 3.05) is 53.6 Å². The highest BCUT2D eigenvalue weighted by Gasteiger charge is 2.32. The van der Waals surface area contributed by atoms with E-state index in [-0.39, 0.29) is 28.6 Å². The van der Waals surface area contributed by atoms with E-state index < -0.39 is 9.84 Å². The summed E-state index contributed by atoms with van der Waals surface area (Å²) in [5.41, 5.74) is 0.373. The van der Waals surface area contributed by atoms with Gasteiger partial charge >= 0.3 is 0 Å². The third-order valence-corrected chi connectivity index (χ3v) is 6.12. The van der Waals surface area contributed by atoms with E-state index in [1.807, 2.05) is 4.90 Å². The molecule has 1 amide bonds. The van der Waals surface area contributed by atoms with Crippen molar-refractivity contribution in [2.24, 2.45) is 0 Å². The molecule has 0 aromatic heterocycles. The van der Waals surface area contributed by atoms with Gasteiger partial charge in [-0.05, 0) is 46.1 Å². The van der Waals surface area contributed by atoms with E-state index in [0.717, 1.165) is 19.3 Å². The predicted molar refractivity (Wildman–Crippen MR) is 106 cm³/mol. The molecule has 0 N–H and O–H groups in total. The molecule has 1 aromatic rings. The summed E-state index contributed by atoms with van der Waals surface area (Å²) in [5.74, 6) is 0.109. The molecule has 1 aromatic carbocycles. The zero-order valence-electron chi connectivity index (χ0n) is 17.1. The van der Waals surface area contributed by atoms with Gasteiger partial charge in [0, 0.05) is 50.1 Å². The Kier molecular flexibility index (Phi) is 6.88. The van der Waals surface area contributed by atoms with Crippen molar-refractivity contribution in [3.8, 4) is 5.75 Å². The summed E-state index contributed by atoms with van der Waals surface area (Å²) in [6.07, 6.45) is 1.12. The van der Waals surface area contributed by atoms with E-state index in [4.69, 9.17) is 4.74 Å². The third-order valence-electron chi connectivity index (χ3n) is 5.00. The Bertz CT molecular complexity index is 767. The monoisotopic (exact) mass is 397 g/mol. The van der Waals surface area contributed by atoms with Crippen LogP contribution in [0.25, 0.3) is 0 Å². The Hall–Kier alpha value is -1.64. The van der Waals surface area contributed by atoms with Gasteiger partial charge in [-0.25, -0.2) is 8.42 Å². The molecule has 0 aliphatic carbocycles. The molecule has 0 spiro atoms. The van der Waals surface area contributed by atoms with Crippen LogP contribution in [0.4, 0.5) is 0 Å². The molecule has 1 fully saturated rings. The molecule has 7 nitrogen and oxygen atoms in total. The van der Waals surface area contributed by atoms with Gasteiger partial charge < -0.3 is 14.5 Å². The molecule has 0 radical (unpaired) electrons. The SMILES string of the molecule is COc1ccc(C(=O)N2CC(C)N(CCN(C)C)C(C)C2)cc1S(C)(=O)=O. The highest BCUT2D eigenvalue weighted by atomic mass is 32.2. The second-order valence-corrected chi connectivity index (χ2v) is 9.57. The Morgan fingerprint density at radius 2 is 1.81 bits per heavy atom. The maximum atomic E-state index is 13.0. The van der Waals surface area contributed by atoms with Crippen LogP contribution in [-0.4, -0.2) is 94.7 Å². The van der Waals surface area contributed by atoms with Crippen LogP contribution >= 0.6 is 0 Å². The average Bonchev–Trinajstić information content (AvgIpc) is 2.58. The van der Waals surface area contributed by atoms with E-state index in [2.05, 4.69) is 37.7 Å². The number of hydrogen-bond acceptors (Lipinski definition) is 6. The number of methoxy groups -OCH3 is 1. The van der Waals surface area contributed by atoms with Crippen molar-refractivity contribution in [3.63, 3.8) is 0 Å². The fourth-order valence-electron chi connectivity index (χ4n) is 3.56. The topological polar surface area (TPSA) is 70.2 Å². The number of hydrogen-bond donors (Lipinski definition) is 0. The number of nitrogens with zero attached hydrogens (tertiary/aromatic N) is 3. The van der Waals surface area contributed by atoms with E-state index in [0.29, 0.717) is 18.7 Å². The van der Waals surface area contributed by atoms with Gasteiger partial charge in [0.25, 0.3) is 5.91 Å². The van der Waals surface area contributed by atoms with Crippen LogP contribution in [0.5, 0.6) is 5.75 Å². The van der Waals surface area contributed by atoms with Gasteiger partial charge in [-0.1, -0.05) is 0 Å². The fraction of sp³-hybridized carbons (Fsp3) is 0.632. The summed E-state index contributed by atoms with van der Waals surface area (Å²) in [7, 11) is 2.04. The first kappa shape index (κ1) is 21.7. The van der Waals surface area contributed by atoms with Crippen LogP contribution in [0.15, 0.2) is 23.1 Å². The predicted octanol–water partition coefficient (Wildman–Crippen LogP) is 1.20. The number of carbonyl (C=O) groups excluding carboxylic acids is 1. The van der Waals surface area contributed by atoms with Gasteiger partial charge in [0.2, 0.25) is 0 Å². The lowest BCUT2D eigenvalue weighted by Gasteiger charge is -2.44. The van der Waals surface area contributed by atoms with Gasteiger partial charge in [0.05, 0.1) is 7.11 Å². The van der Waals surface area contributed by atoms with Crippen molar-refractivity contribution in [3.05, 3.63) is 23.8 Å². The maximum absolute atomic E-state index is 13.0. The van der Waals surface area contributed by atoms with Gasteiger partial charge in [-0.15, -0.1) is 0 Å². The summed E-state index contributed by atoms with van der Waals surface area (Å²) in [6, 6.07) is 5.08. The third kappa shape index (κ3) is 5.21. The van der Waals surface area contributed by atoms with Crippen molar-refractivity contribution < 1.29 is 17.9 Å². The van der Waals surface area contributed by atoms with E-state index >= 15 is 0 Å². The summed E-state index contributed by atoms with van der Waals surface area (Å²) in [5, 5.41) is 0. The lowest BCUT2D eigenvalue weighted by molar-refractivity contribution is 0.0282. The first-order valence-electron chi connectivity index (χ1n) is 9.12. The van der Waals surface area contributed by atoms with E-state index in [1.165, 1.54) is 13.2 Å². The average molecular weight is 398 g/mol. The molecule has 2 atom stereocenters. The minimum atomic E-state index is -3.49. The quantitative estimate of drug-likeness (QED) is 0.718. The zero-order chi connectivity index (χ0) is 20.4. The molecule has 2 unspecified atom stereocenters. The molecule has 1 aliphatic rings. The second kappa shape index (κ2) is 8.58. The second-order valence-electron chi connectivity index (χ2n) is 7.59. The summed E-state index contributed by atoms with van der Waals surface area (Å²) in [6.45, 7) is 7.42. The molecule has 152 valence electrons. The number of rotatable bonds is 6. The normalized spacial score (nSPS) is 21.5. The number of amides is 1. The van der Waals surface area contributed by atoms with Crippen molar-refractivity contribution in [1.29, 1.82) is 0 Å². The molecule has 1 aliphatic heterocycles. The highest BCUT2D eigenvalue weighted by molar-refractivity contribution is 7.90. The highest BCUT2D eigenvalue weighted by Crippen LogP contribution is 2.26. The van der Waals surface area contributed by atoms with E-state index in [1.54, 1.807) is 12.1 Å². The number of benzene rings is 1. The first-order valence-corrected chi connectivity index (χ1v) is 11.0. The molecule has 0 saturated carbocycles. The van der Waals surface area contributed by atoms with Gasteiger partial charge in [-0.2, -0.15) is 0 Å². The molecular formula is C19H31N3O4S. The Morgan fingerprint density at radius 1 is 1.22 bits per heavy atom. The standard InChI is InChI=1S/C19H31N3O4S/c1-14-12-21(13-15(2)22(14)10-9-20(3)4)19(23)16-7-8-17(26-5)18(11-16)27(6,24)25/h7-8,11,14-15H,9-10,12-13H2,1-6H3. The van der Waals surface area contributed by atoms with Crippen molar-refractivity contribution >= 4 is 15.7 Å². The van der Waals surface area contributed by atoms with Crippen LogP contribution in [0.3, 0.4) is 0 Å². The Morgan fingerprint density at radius 3 is 2.30 bits per heavy atom. The summed E-state index contributed by atoms with van der Waals surface area (Å²) >= 11 is 0. The lowest BCUT2D eigenvalue weighted by Crippen LogP contribution is -2.59. The number of piperazine rings is 1. The molecule has 8 heteroatoms. The fourth-order valence-corrected chi connectivity index (χ4v) is 4.42. The zero-order valence-corrected chi connectivity index (χ0v) is 17.9. The number of sulfone groups is 1. The molecule has 1 saturated heterocycles. The van der Waals surface area contributed by atoms with E-state index in [9.17, 15) is 13.2 Å². The number of ether oxygens (including phenoxy) is 1. The lowest BCUT2D eigenvalue weighted by atomic mass is 10.1. The maximum Gasteiger partial charge on any atom is 0.254 e. The molecule has 27 heavy (non-hydrogen) atoms. The van der Waals surface area contributed by atoms with Crippen LogP contribution < -0.4 is 4.74 Å². The largest absolute Gasteiger partial charge is 0.495 e. The molecule has 0 bridgehead atoms. The number of likely N-dealkylation sites (N-methyl/N-ethyl adjacent to an activating group) is 1. The first-order chi connectivity index (χ1) is 12.5. The summed E-state index contributed by atoms with van der Waals surface area (Å²) in [4.78, 5) is 19.4. The van der Waals surface area contributed by atoms with Crippen molar-refractivity contribution in [2.45, 2.75) is 30.8 Å².